The van der Waals surface area contributed by atoms with E-state index in [4.69, 9.17) is 4.18 Å². The van der Waals surface area contributed by atoms with Gasteiger partial charge in [0.25, 0.3) is 0 Å². The van der Waals surface area contributed by atoms with E-state index in [0.29, 0.717) is 0 Å². The first-order chi connectivity index (χ1) is 18.2. The molecule has 0 atom stereocenters. The van der Waals surface area contributed by atoms with Crippen LogP contribution in [0.15, 0.2) is 93.5 Å². The number of carbonyl (C=O) groups excluding carboxylic acids is 1. The van der Waals surface area contributed by atoms with Gasteiger partial charge in [-0.1, -0.05) is 84.0 Å². The summed E-state index contributed by atoms with van der Waals surface area (Å²) in [7, 11) is -3.57. The smallest absolute Gasteiger partial charge is 0.399 e. The van der Waals surface area contributed by atoms with Crippen LogP contribution >= 0.6 is 10.3 Å². The summed E-state index contributed by atoms with van der Waals surface area (Å²) in [6.07, 6.45) is -12.8. The second-order valence-corrected chi connectivity index (χ2v) is 14.2. The molecule has 0 saturated carbocycles. The molecule has 0 fully saturated rings. The summed E-state index contributed by atoms with van der Waals surface area (Å²) in [5.41, 5.74) is -4.70. The minimum Gasteiger partial charge on any atom is -0.399 e. The monoisotopic (exact) mass is 586 g/mol. The van der Waals surface area contributed by atoms with E-state index in [1.807, 2.05) is 41.5 Å². The Labute approximate surface area is 231 Å². The molecule has 0 aliphatic rings. The van der Waals surface area contributed by atoms with Gasteiger partial charge in [-0.15, -0.1) is 0 Å². The topological polar surface area (TPSA) is 46.5 Å². The third-order valence-corrected chi connectivity index (χ3v) is 9.71. The minimum atomic E-state index is -6.39. The van der Waals surface area contributed by atoms with Gasteiger partial charge in [-0.2, -0.15) is 26.3 Å². The fraction of sp³-hybridized carbons (Fsp3) is 0.367. The zero-order chi connectivity index (χ0) is 30.4. The molecular weight excluding hydrogens is 554 g/mol. The van der Waals surface area contributed by atoms with Gasteiger partial charge in [0.2, 0.25) is 0 Å². The molecule has 1 N–H and O–H groups in total. The zero-order valence-corrected chi connectivity index (χ0v) is 23.8. The lowest BCUT2D eigenvalue weighted by Crippen LogP contribution is -2.63. The molecule has 10 heteroatoms. The van der Waals surface area contributed by atoms with Crippen molar-refractivity contribution in [3.63, 3.8) is 0 Å². The van der Waals surface area contributed by atoms with E-state index < -0.39 is 34.2 Å². The third-order valence-electron chi connectivity index (χ3n) is 6.50. The van der Waals surface area contributed by atoms with Crippen LogP contribution in [0.2, 0.25) is 0 Å². The van der Waals surface area contributed by atoms with Gasteiger partial charge in [0, 0.05) is 14.7 Å². The first-order valence-electron chi connectivity index (χ1n) is 12.3. The summed E-state index contributed by atoms with van der Waals surface area (Å²) in [6.45, 7) is 11.7. The molecule has 0 radical (unpaired) electrons. The predicted molar refractivity (Wildman–Crippen MR) is 142 cm³/mol. The van der Waals surface area contributed by atoms with Crippen molar-refractivity contribution in [1.29, 1.82) is 0 Å². The minimum absolute atomic E-state index is 0.169. The molecule has 3 aromatic carbocycles. The molecular formula is C30H32F6O3S. The summed E-state index contributed by atoms with van der Waals surface area (Å²) in [5.74, 6) is -2.86. The van der Waals surface area contributed by atoms with Gasteiger partial charge in [0.05, 0.1) is 0 Å². The fourth-order valence-electron chi connectivity index (χ4n) is 4.02. The van der Waals surface area contributed by atoms with Crippen LogP contribution < -0.4 is 0 Å². The van der Waals surface area contributed by atoms with Crippen LogP contribution in [0.5, 0.6) is 0 Å². The Kier molecular flexibility index (Phi) is 8.24. The van der Waals surface area contributed by atoms with E-state index in [2.05, 4.69) is 0 Å². The molecule has 0 saturated heterocycles. The summed E-state index contributed by atoms with van der Waals surface area (Å²) in [6, 6.07) is 20.5. The largest absolute Gasteiger partial charge is 0.437 e. The average molecular weight is 587 g/mol. The normalized spacial score (nSPS) is 14.1. The Morgan fingerprint density at radius 1 is 0.600 bits per heavy atom. The molecule has 40 heavy (non-hydrogen) atoms. The number of hydrogen-bond donors (Lipinski definition) is 1. The SMILES string of the molecule is CC(C)(C)c1ccc(S(OC(=O)C(O)(C(F)(F)F)C(F)(F)F)(c2ccccc2)c2ccc(C(C)(C)C)cc2)cc1. The van der Waals surface area contributed by atoms with Crippen molar-refractivity contribution in [2.24, 2.45) is 0 Å². The van der Waals surface area contributed by atoms with E-state index in [9.17, 15) is 36.2 Å². The maximum absolute atomic E-state index is 13.7. The molecule has 0 bridgehead atoms. The fourth-order valence-corrected chi connectivity index (χ4v) is 7.06. The molecule has 218 valence electrons. The highest BCUT2D eigenvalue weighted by atomic mass is 32.3. The number of alkyl halides is 6. The van der Waals surface area contributed by atoms with E-state index >= 15 is 0 Å². The second kappa shape index (κ2) is 10.4. The lowest BCUT2D eigenvalue weighted by atomic mass is 9.87. The lowest BCUT2D eigenvalue weighted by molar-refractivity contribution is -0.354. The third kappa shape index (κ3) is 5.74. The summed E-state index contributed by atoms with van der Waals surface area (Å²) in [4.78, 5) is 13.6. The highest BCUT2D eigenvalue weighted by Crippen LogP contribution is 2.70. The van der Waals surface area contributed by atoms with E-state index in [1.165, 1.54) is 48.5 Å². The quantitative estimate of drug-likeness (QED) is 0.304. The molecule has 0 amide bonds. The number of aliphatic hydroxyl groups is 1. The van der Waals surface area contributed by atoms with Crippen LogP contribution in [0.25, 0.3) is 0 Å². The van der Waals surface area contributed by atoms with Crippen LogP contribution in [0.1, 0.15) is 52.7 Å². The summed E-state index contributed by atoms with van der Waals surface area (Å²) >= 11 is 0. The molecule has 0 heterocycles. The number of hydrogen-bond acceptors (Lipinski definition) is 3. The Balaban J connectivity index is 2.40. The summed E-state index contributed by atoms with van der Waals surface area (Å²) < 4.78 is 87.9. The Morgan fingerprint density at radius 2 is 0.925 bits per heavy atom. The van der Waals surface area contributed by atoms with E-state index in [1.54, 1.807) is 30.3 Å². The van der Waals surface area contributed by atoms with E-state index in [0.717, 1.165) is 11.1 Å². The van der Waals surface area contributed by atoms with Crippen LogP contribution in [-0.2, 0) is 19.8 Å². The second-order valence-electron chi connectivity index (χ2n) is 11.5. The summed E-state index contributed by atoms with van der Waals surface area (Å²) in [5, 5.41) is 9.95. The first-order valence-corrected chi connectivity index (χ1v) is 13.9. The molecule has 0 aliphatic carbocycles. The van der Waals surface area contributed by atoms with Gasteiger partial charge in [0.15, 0.2) is 0 Å². The van der Waals surface area contributed by atoms with Gasteiger partial charge in [-0.05, 0) is 68.7 Å². The molecule has 3 aromatic rings. The average Bonchev–Trinajstić information content (AvgIpc) is 2.85. The molecule has 0 aliphatic heterocycles. The van der Waals surface area contributed by atoms with Crippen LogP contribution in [0.4, 0.5) is 26.3 Å². The van der Waals surface area contributed by atoms with Crippen molar-refractivity contribution < 1.29 is 40.4 Å². The Bertz CT molecular complexity index is 1250. The van der Waals surface area contributed by atoms with E-state index in [-0.39, 0.29) is 25.5 Å². The van der Waals surface area contributed by atoms with Gasteiger partial charge >= 0.3 is 23.9 Å². The molecule has 3 nitrogen and oxygen atoms in total. The van der Waals surface area contributed by atoms with Crippen molar-refractivity contribution >= 4 is 16.3 Å². The first kappa shape index (κ1) is 31.5. The van der Waals surface area contributed by atoms with Crippen molar-refractivity contribution in [1.82, 2.24) is 0 Å². The maximum Gasteiger partial charge on any atom is 0.437 e. The number of benzene rings is 3. The van der Waals surface area contributed by atoms with Crippen LogP contribution in [0, 0.1) is 0 Å². The maximum atomic E-state index is 13.7. The predicted octanol–water partition coefficient (Wildman–Crippen LogP) is 8.88. The molecule has 3 rings (SSSR count). The zero-order valence-electron chi connectivity index (χ0n) is 22.9. The Morgan fingerprint density at radius 3 is 1.23 bits per heavy atom. The van der Waals surface area contributed by atoms with Crippen molar-refractivity contribution in [2.75, 3.05) is 0 Å². The van der Waals surface area contributed by atoms with Crippen LogP contribution in [0.3, 0.4) is 0 Å². The molecule has 0 unspecified atom stereocenters. The van der Waals surface area contributed by atoms with Gasteiger partial charge in [0.1, 0.15) is 0 Å². The standard InChI is InChI=1S/C30H32F6O3S/c1-26(2,3)20-12-16-23(17-13-20)40(22-10-8-7-9-11-22,24-18-14-21(15-19-24)27(4,5)6)39-25(37)28(38,29(31,32)33)30(34,35)36/h7-19,38H,1-6H3. The highest BCUT2D eigenvalue weighted by molar-refractivity contribution is 8.30. The number of carbonyl (C=O) groups is 1. The number of halogens is 6. The van der Waals surface area contributed by atoms with Crippen molar-refractivity contribution in [3.8, 4) is 0 Å². The van der Waals surface area contributed by atoms with Gasteiger partial charge < -0.3 is 9.29 Å². The molecule has 0 spiro atoms. The van der Waals surface area contributed by atoms with Gasteiger partial charge in [-0.25, -0.2) is 4.79 Å². The Hall–Kier alpha value is -2.98. The van der Waals surface area contributed by atoms with Crippen molar-refractivity contribution in [3.05, 3.63) is 90.0 Å². The van der Waals surface area contributed by atoms with Crippen molar-refractivity contribution in [2.45, 2.75) is 85.0 Å². The van der Waals surface area contributed by atoms with Gasteiger partial charge in [-0.3, -0.25) is 0 Å². The highest BCUT2D eigenvalue weighted by Gasteiger charge is 2.77. The van der Waals surface area contributed by atoms with Crippen LogP contribution in [-0.4, -0.2) is 29.0 Å². The number of rotatable bonds is 5. The lowest BCUT2D eigenvalue weighted by Gasteiger charge is -2.42. The molecule has 0 aromatic heterocycles.